The number of nitrogens with zero attached hydrogens (tertiary/aromatic N) is 1. The van der Waals surface area contributed by atoms with Gasteiger partial charge in [0.1, 0.15) is 11.6 Å². The summed E-state index contributed by atoms with van der Waals surface area (Å²) in [6.45, 7) is 5.39. The Kier molecular flexibility index (Phi) is 11.5. The van der Waals surface area contributed by atoms with Crippen LogP contribution in [0.2, 0.25) is 0 Å². The molecule has 11 heteroatoms. The van der Waals surface area contributed by atoms with Crippen molar-refractivity contribution in [2.24, 2.45) is 0 Å². The maximum Gasteiger partial charge on any atom is 0.408 e. The molecule has 0 aliphatic rings. The van der Waals surface area contributed by atoms with Gasteiger partial charge in [0.15, 0.2) is 0 Å². The molecular formula is C15H29N3O8. The van der Waals surface area contributed by atoms with E-state index in [9.17, 15) is 14.4 Å². The van der Waals surface area contributed by atoms with Gasteiger partial charge < -0.3 is 20.5 Å². The number of unbranched alkanes of at least 4 members (excludes halogenated alkanes) is 1. The molecule has 152 valence electrons. The van der Waals surface area contributed by atoms with Crippen LogP contribution in [-0.4, -0.2) is 63.7 Å². The fraction of sp³-hybridized carbons (Fsp3) is 0.800. The van der Waals surface area contributed by atoms with E-state index in [0.717, 1.165) is 0 Å². The lowest BCUT2D eigenvalue weighted by Gasteiger charge is -2.22. The molecule has 2 amide bonds. The molecule has 0 aromatic carbocycles. The summed E-state index contributed by atoms with van der Waals surface area (Å²) in [5, 5.41) is 30.3. The van der Waals surface area contributed by atoms with Crippen LogP contribution in [0.5, 0.6) is 0 Å². The number of ether oxygens (including phenoxy) is 1. The molecule has 1 atom stereocenters. The van der Waals surface area contributed by atoms with Gasteiger partial charge in [-0.05, 0) is 46.5 Å². The minimum absolute atomic E-state index is 0.0168. The maximum atomic E-state index is 11.6. The molecule has 26 heavy (non-hydrogen) atoms. The molecule has 0 aliphatic carbocycles. The molecule has 0 aliphatic heterocycles. The second-order valence-corrected chi connectivity index (χ2v) is 6.57. The van der Waals surface area contributed by atoms with Crippen LogP contribution in [0.25, 0.3) is 0 Å². The van der Waals surface area contributed by atoms with E-state index >= 15 is 0 Å². The van der Waals surface area contributed by atoms with E-state index in [0.29, 0.717) is 25.8 Å². The normalized spacial score (nSPS) is 12.5. The number of aliphatic carboxylic acids is 1. The summed E-state index contributed by atoms with van der Waals surface area (Å²) in [4.78, 5) is 38.6. The van der Waals surface area contributed by atoms with Gasteiger partial charge >= 0.3 is 12.1 Å². The number of amides is 2. The van der Waals surface area contributed by atoms with Crippen LogP contribution in [0.4, 0.5) is 4.79 Å². The zero-order valence-corrected chi connectivity index (χ0v) is 15.4. The van der Waals surface area contributed by atoms with Crippen LogP contribution in [-0.2, 0) is 19.2 Å². The SMILES string of the molecule is CC(C)(C)OC(=O)NC(CCCCNC(=O)CCCON(O)O)C(=O)O. The number of carboxylic acids is 1. The van der Waals surface area contributed by atoms with Crippen LogP contribution in [0.3, 0.4) is 0 Å². The number of hydrogen-bond donors (Lipinski definition) is 5. The lowest BCUT2D eigenvalue weighted by atomic mass is 10.1. The Morgan fingerprint density at radius 2 is 1.77 bits per heavy atom. The highest BCUT2D eigenvalue weighted by molar-refractivity contribution is 5.80. The predicted octanol–water partition coefficient (Wildman–Crippen LogP) is 1.04. The first kappa shape index (κ1) is 24.1. The van der Waals surface area contributed by atoms with Crippen molar-refractivity contribution in [3.63, 3.8) is 0 Å². The van der Waals surface area contributed by atoms with Crippen molar-refractivity contribution >= 4 is 18.0 Å². The molecule has 0 spiro atoms. The van der Waals surface area contributed by atoms with E-state index < -0.39 is 29.1 Å². The van der Waals surface area contributed by atoms with Gasteiger partial charge in [-0.3, -0.25) is 20.0 Å². The first-order chi connectivity index (χ1) is 12.0. The fourth-order valence-corrected chi connectivity index (χ4v) is 1.88. The van der Waals surface area contributed by atoms with Crippen LogP contribution >= 0.6 is 0 Å². The standard InChI is InChI=1S/C15H29N3O8/c1-15(2,3)26-14(22)17-11(13(20)21)7-4-5-9-16-12(19)8-6-10-25-18(23)24/h11,23-24H,4-10H2,1-3H3,(H,16,19)(H,17,22)(H,20,21). The van der Waals surface area contributed by atoms with E-state index in [4.69, 9.17) is 20.3 Å². The molecule has 0 saturated heterocycles. The van der Waals surface area contributed by atoms with Crippen LogP contribution in [0.15, 0.2) is 0 Å². The monoisotopic (exact) mass is 379 g/mol. The van der Waals surface area contributed by atoms with Gasteiger partial charge in [-0.1, -0.05) is 0 Å². The average molecular weight is 379 g/mol. The van der Waals surface area contributed by atoms with E-state index in [-0.39, 0.29) is 25.4 Å². The molecule has 0 heterocycles. The average Bonchev–Trinajstić information content (AvgIpc) is 2.47. The summed E-state index contributed by atoms with van der Waals surface area (Å²) < 4.78 is 5.02. The van der Waals surface area contributed by atoms with Crippen molar-refractivity contribution in [1.29, 1.82) is 0 Å². The van der Waals surface area contributed by atoms with Crippen molar-refractivity contribution in [1.82, 2.24) is 16.0 Å². The van der Waals surface area contributed by atoms with Crippen molar-refractivity contribution in [3.05, 3.63) is 0 Å². The molecular weight excluding hydrogens is 350 g/mol. The molecule has 0 rings (SSSR count). The van der Waals surface area contributed by atoms with Crippen LogP contribution in [0, 0.1) is 0 Å². The summed E-state index contributed by atoms with van der Waals surface area (Å²) in [7, 11) is 0. The Morgan fingerprint density at radius 3 is 2.31 bits per heavy atom. The van der Waals surface area contributed by atoms with Gasteiger partial charge in [0, 0.05) is 13.0 Å². The summed E-state index contributed by atoms with van der Waals surface area (Å²) in [5.74, 6) is -1.38. The Hall–Kier alpha value is -1.95. The Balaban J connectivity index is 3.91. The Bertz CT molecular complexity index is 451. The van der Waals surface area contributed by atoms with Crippen molar-refractivity contribution in [2.45, 2.75) is 64.5 Å². The number of alkyl carbamates (subject to hydrolysis) is 1. The zero-order valence-electron chi connectivity index (χ0n) is 15.4. The van der Waals surface area contributed by atoms with Gasteiger partial charge in [-0.15, -0.1) is 0 Å². The van der Waals surface area contributed by atoms with Crippen LogP contribution < -0.4 is 10.6 Å². The molecule has 0 aromatic rings. The first-order valence-electron chi connectivity index (χ1n) is 8.31. The highest BCUT2D eigenvalue weighted by atomic mass is 17.1. The van der Waals surface area contributed by atoms with E-state index in [1.807, 2.05) is 0 Å². The number of nitrogens with one attached hydrogen (secondary N) is 2. The predicted molar refractivity (Wildman–Crippen MR) is 88.3 cm³/mol. The summed E-state index contributed by atoms with van der Waals surface area (Å²) >= 11 is 0. The third kappa shape index (κ3) is 14.4. The molecule has 0 saturated carbocycles. The second kappa shape index (κ2) is 12.4. The Labute approximate surface area is 152 Å². The van der Waals surface area contributed by atoms with Crippen molar-refractivity contribution in [2.75, 3.05) is 13.2 Å². The lowest BCUT2D eigenvalue weighted by molar-refractivity contribution is -0.492. The molecule has 0 fully saturated rings. The molecule has 11 nitrogen and oxygen atoms in total. The summed E-state index contributed by atoms with van der Waals surface area (Å²) in [6, 6.07) is -1.06. The quantitative estimate of drug-likeness (QED) is 0.247. The van der Waals surface area contributed by atoms with E-state index in [1.165, 1.54) is 0 Å². The first-order valence-corrected chi connectivity index (χ1v) is 8.31. The van der Waals surface area contributed by atoms with E-state index in [1.54, 1.807) is 20.8 Å². The highest BCUT2D eigenvalue weighted by Crippen LogP contribution is 2.08. The van der Waals surface area contributed by atoms with Gasteiger partial charge in [-0.2, -0.15) is 0 Å². The minimum atomic E-state index is -1.15. The summed E-state index contributed by atoms with van der Waals surface area (Å²) in [5.41, 5.74) is -0.713. The van der Waals surface area contributed by atoms with Crippen molar-refractivity contribution in [3.8, 4) is 0 Å². The van der Waals surface area contributed by atoms with E-state index in [2.05, 4.69) is 15.5 Å². The third-order valence-corrected chi connectivity index (χ3v) is 2.99. The smallest absolute Gasteiger partial charge is 0.408 e. The maximum absolute atomic E-state index is 11.6. The van der Waals surface area contributed by atoms with Gasteiger partial charge in [-0.25, -0.2) is 9.59 Å². The van der Waals surface area contributed by atoms with Gasteiger partial charge in [0.25, 0.3) is 0 Å². The third-order valence-electron chi connectivity index (χ3n) is 2.99. The fourth-order valence-electron chi connectivity index (χ4n) is 1.88. The van der Waals surface area contributed by atoms with Gasteiger partial charge in [0.05, 0.1) is 12.0 Å². The second-order valence-electron chi connectivity index (χ2n) is 6.57. The summed E-state index contributed by atoms with van der Waals surface area (Å²) in [6.07, 6.45) is 0.922. The largest absolute Gasteiger partial charge is 0.480 e. The molecule has 5 N–H and O–H groups in total. The number of carbonyl (C=O) groups excluding carboxylic acids is 2. The minimum Gasteiger partial charge on any atom is -0.480 e. The molecule has 1 unspecified atom stereocenters. The number of rotatable bonds is 12. The molecule has 0 radical (unpaired) electrons. The number of carboxylic acid groups (broad SMARTS) is 1. The lowest BCUT2D eigenvalue weighted by Crippen LogP contribution is -2.43. The Morgan fingerprint density at radius 1 is 1.12 bits per heavy atom. The topological polar surface area (TPSA) is 158 Å². The van der Waals surface area contributed by atoms with Crippen LogP contribution in [0.1, 0.15) is 52.9 Å². The highest BCUT2D eigenvalue weighted by Gasteiger charge is 2.23. The molecule has 0 bridgehead atoms. The zero-order chi connectivity index (χ0) is 20.2. The van der Waals surface area contributed by atoms with Gasteiger partial charge in [0.2, 0.25) is 5.91 Å². The molecule has 0 aromatic heterocycles. The number of carbonyl (C=O) groups is 3. The van der Waals surface area contributed by atoms with Crippen molar-refractivity contribution < 1.29 is 39.5 Å². The number of hydrogen-bond acceptors (Lipinski definition) is 8.